The van der Waals surface area contributed by atoms with Crippen LogP contribution in [-0.4, -0.2) is 0 Å². The molecule has 2 aliphatic carbocycles. The van der Waals surface area contributed by atoms with Crippen LogP contribution < -0.4 is 0 Å². The van der Waals surface area contributed by atoms with Crippen LogP contribution in [0.2, 0.25) is 0 Å². The molecule has 0 spiro atoms. The first kappa shape index (κ1) is 17.8. The Hall–Kier alpha value is -1.63. The molecule has 26 heavy (non-hydrogen) atoms. The molecule has 0 amide bonds. The van der Waals surface area contributed by atoms with Crippen molar-refractivity contribution in [2.45, 2.75) is 76.5 Å². The first-order chi connectivity index (χ1) is 12.7. The highest BCUT2D eigenvalue weighted by Gasteiger charge is 2.23. The Bertz CT molecular complexity index is 722. The van der Waals surface area contributed by atoms with E-state index in [9.17, 15) is 4.39 Å². The van der Waals surface area contributed by atoms with Crippen LogP contribution in [-0.2, 0) is 12.8 Å². The minimum Gasteiger partial charge on any atom is -0.207 e. The van der Waals surface area contributed by atoms with Crippen LogP contribution in [0.1, 0.15) is 86.0 Å². The number of benzene rings is 2. The lowest BCUT2D eigenvalue weighted by Gasteiger charge is -2.29. The zero-order chi connectivity index (χ0) is 17.9. The molecule has 0 bridgehead atoms. The third kappa shape index (κ3) is 3.87. The summed E-state index contributed by atoms with van der Waals surface area (Å²) < 4.78 is 13.6. The summed E-state index contributed by atoms with van der Waals surface area (Å²) in [5.41, 5.74) is 5.51. The van der Waals surface area contributed by atoms with Crippen molar-refractivity contribution >= 4 is 0 Å². The van der Waals surface area contributed by atoms with Crippen LogP contribution in [0.5, 0.6) is 0 Å². The van der Waals surface area contributed by atoms with E-state index < -0.39 is 0 Å². The summed E-state index contributed by atoms with van der Waals surface area (Å²) in [6.45, 7) is 2.31. The summed E-state index contributed by atoms with van der Waals surface area (Å²) in [5, 5.41) is 0. The van der Waals surface area contributed by atoms with E-state index in [1.165, 1.54) is 67.2 Å². The SMILES string of the molecule is CCCC1CCC(c2ccc(C3CCc4ccc(F)cc4C3)cc2)CC1. The largest absolute Gasteiger partial charge is 0.207 e. The van der Waals surface area contributed by atoms with Crippen molar-refractivity contribution in [3.63, 3.8) is 0 Å². The minimum atomic E-state index is -0.0987. The van der Waals surface area contributed by atoms with Gasteiger partial charge in [-0.15, -0.1) is 0 Å². The molecule has 1 saturated carbocycles. The van der Waals surface area contributed by atoms with Gasteiger partial charge in [0, 0.05) is 0 Å². The van der Waals surface area contributed by atoms with Crippen molar-refractivity contribution in [3.05, 3.63) is 70.5 Å². The number of aryl methyl sites for hydroxylation is 1. The van der Waals surface area contributed by atoms with Crippen molar-refractivity contribution in [2.75, 3.05) is 0 Å². The molecule has 1 fully saturated rings. The Morgan fingerprint density at radius 2 is 1.50 bits per heavy atom. The number of hydrogen-bond donors (Lipinski definition) is 0. The molecule has 0 nitrogen and oxygen atoms in total. The summed E-state index contributed by atoms with van der Waals surface area (Å²) in [5.74, 6) is 2.17. The molecule has 138 valence electrons. The fourth-order valence-electron chi connectivity index (χ4n) is 5.24. The predicted octanol–water partition coefficient (Wildman–Crippen LogP) is 7.17. The zero-order valence-corrected chi connectivity index (χ0v) is 16.0. The van der Waals surface area contributed by atoms with E-state index in [-0.39, 0.29) is 5.82 Å². The highest BCUT2D eigenvalue weighted by atomic mass is 19.1. The lowest BCUT2D eigenvalue weighted by atomic mass is 9.76. The Morgan fingerprint density at radius 3 is 2.19 bits per heavy atom. The maximum absolute atomic E-state index is 13.6. The molecule has 0 N–H and O–H groups in total. The Morgan fingerprint density at radius 1 is 0.808 bits per heavy atom. The van der Waals surface area contributed by atoms with E-state index in [1.54, 1.807) is 12.1 Å². The summed E-state index contributed by atoms with van der Waals surface area (Å²) in [7, 11) is 0. The molecule has 2 aliphatic rings. The molecule has 2 aromatic rings. The maximum atomic E-state index is 13.6. The number of hydrogen-bond acceptors (Lipinski definition) is 0. The number of halogens is 1. The molecular weight excluding hydrogens is 319 g/mol. The van der Waals surface area contributed by atoms with Crippen molar-refractivity contribution in [1.29, 1.82) is 0 Å². The van der Waals surface area contributed by atoms with E-state index in [0.29, 0.717) is 5.92 Å². The standard InChI is InChI=1S/C25H31F/c1-2-3-18-4-6-19(7-5-18)20-8-10-21(11-9-20)23-13-12-22-14-15-25(26)17-24(22)16-23/h8-11,14-15,17-19,23H,2-7,12-13,16H2,1H3. The molecule has 1 atom stereocenters. The lowest BCUT2D eigenvalue weighted by molar-refractivity contribution is 0.308. The van der Waals surface area contributed by atoms with Gasteiger partial charge >= 0.3 is 0 Å². The molecular formula is C25H31F. The van der Waals surface area contributed by atoms with Gasteiger partial charge in [0.05, 0.1) is 0 Å². The molecule has 0 aromatic heterocycles. The molecule has 0 heterocycles. The molecule has 1 heteroatoms. The van der Waals surface area contributed by atoms with E-state index in [0.717, 1.165) is 24.7 Å². The normalized spacial score (nSPS) is 25.7. The summed E-state index contributed by atoms with van der Waals surface area (Å²) in [4.78, 5) is 0. The van der Waals surface area contributed by atoms with Crippen molar-refractivity contribution in [3.8, 4) is 0 Å². The Labute approximate surface area is 157 Å². The van der Waals surface area contributed by atoms with E-state index in [4.69, 9.17) is 0 Å². The summed E-state index contributed by atoms with van der Waals surface area (Å²) in [6, 6.07) is 14.8. The number of fused-ring (bicyclic) bond motifs is 1. The second-order valence-electron chi connectivity index (χ2n) is 8.53. The third-order valence-corrected chi connectivity index (χ3v) is 6.82. The summed E-state index contributed by atoms with van der Waals surface area (Å²) in [6.07, 6.45) is 11.5. The van der Waals surface area contributed by atoms with Gasteiger partial charge in [0.15, 0.2) is 0 Å². The van der Waals surface area contributed by atoms with Gasteiger partial charge in [-0.2, -0.15) is 0 Å². The fourth-order valence-corrected chi connectivity index (χ4v) is 5.24. The van der Waals surface area contributed by atoms with E-state index >= 15 is 0 Å². The molecule has 0 radical (unpaired) electrons. The van der Waals surface area contributed by atoms with Gasteiger partial charge in [0.1, 0.15) is 5.82 Å². The minimum absolute atomic E-state index is 0.0987. The Kier molecular flexibility index (Phi) is 5.43. The first-order valence-electron chi connectivity index (χ1n) is 10.6. The maximum Gasteiger partial charge on any atom is 0.123 e. The van der Waals surface area contributed by atoms with Crippen molar-refractivity contribution < 1.29 is 4.39 Å². The highest BCUT2D eigenvalue weighted by molar-refractivity contribution is 5.35. The van der Waals surface area contributed by atoms with Crippen LogP contribution in [0, 0.1) is 11.7 Å². The van der Waals surface area contributed by atoms with Gasteiger partial charge in [-0.1, -0.05) is 50.1 Å². The molecule has 1 unspecified atom stereocenters. The van der Waals surface area contributed by atoms with Crippen LogP contribution in [0.15, 0.2) is 42.5 Å². The molecule has 0 aliphatic heterocycles. The van der Waals surface area contributed by atoms with Gasteiger partial charge in [-0.3, -0.25) is 0 Å². The third-order valence-electron chi connectivity index (χ3n) is 6.82. The van der Waals surface area contributed by atoms with Crippen LogP contribution in [0.4, 0.5) is 4.39 Å². The average molecular weight is 351 g/mol. The average Bonchev–Trinajstić information content (AvgIpc) is 2.68. The first-order valence-corrected chi connectivity index (χ1v) is 10.6. The second-order valence-corrected chi connectivity index (χ2v) is 8.53. The number of rotatable bonds is 4. The molecule has 0 saturated heterocycles. The van der Waals surface area contributed by atoms with Gasteiger partial charge in [0.2, 0.25) is 0 Å². The quantitative estimate of drug-likeness (QED) is 0.548. The topological polar surface area (TPSA) is 0 Å². The lowest BCUT2D eigenvalue weighted by Crippen LogP contribution is -2.14. The monoisotopic (exact) mass is 350 g/mol. The smallest absolute Gasteiger partial charge is 0.123 e. The zero-order valence-electron chi connectivity index (χ0n) is 16.0. The van der Waals surface area contributed by atoms with Gasteiger partial charge in [-0.25, -0.2) is 4.39 Å². The van der Waals surface area contributed by atoms with Crippen LogP contribution >= 0.6 is 0 Å². The second kappa shape index (κ2) is 7.94. The highest BCUT2D eigenvalue weighted by Crippen LogP contribution is 2.39. The summed E-state index contributed by atoms with van der Waals surface area (Å²) >= 11 is 0. The van der Waals surface area contributed by atoms with Crippen LogP contribution in [0.25, 0.3) is 0 Å². The van der Waals surface area contributed by atoms with Gasteiger partial charge < -0.3 is 0 Å². The fraction of sp³-hybridized carbons (Fsp3) is 0.520. The Balaban J connectivity index is 1.41. The van der Waals surface area contributed by atoms with Crippen molar-refractivity contribution in [2.24, 2.45) is 5.92 Å². The molecule has 2 aromatic carbocycles. The van der Waals surface area contributed by atoms with E-state index in [1.807, 2.05) is 6.07 Å². The predicted molar refractivity (Wildman–Crippen MR) is 107 cm³/mol. The van der Waals surface area contributed by atoms with E-state index in [2.05, 4.69) is 31.2 Å². The van der Waals surface area contributed by atoms with Gasteiger partial charge in [0.25, 0.3) is 0 Å². The molecule has 4 rings (SSSR count). The van der Waals surface area contributed by atoms with Crippen molar-refractivity contribution in [1.82, 2.24) is 0 Å². The van der Waals surface area contributed by atoms with Gasteiger partial charge in [-0.05, 0) is 97.1 Å². The van der Waals surface area contributed by atoms with Crippen LogP contribution in [0.3, 0.4) is 0 Å².